The van der Waals surface area contributed by atoms with Crippen LogP contribution in [0.2, 0.25) is 0 Å². The molecule has 23 heavy (non-hydrogen) atoms. The molecule has 1 aromatic carbocycles. The molecular formula is C16H19F3N2OS. The Balaban J connectivity index is 2.16. The van der Waals surface area contributed by atoms with Gasteiger partial charge >= 0.3 is 6.18 Å². The predicted molar refractivity (Wildman–Crippen MR) is 86.3 cm³/mol. The lowest BCUT2D eigenvalue weighted by Crippen LogP contribution is -2.38. The Bertz CT molecular complexity index is 625. The third-order valence-corrected chi connectivity index (χ3v) is 5.59. The van der Waals surface area contributed by atoms with E-state index in [1.54, 1.807) is 6.92 Å². The zero-order chi connectivity index (χ0) is 17.4. The molecule has 0 bridgehead atoms. The first-order chi connectivity index (χ1) is 10.5. The molecule has 1 saturated heterocycles. The molecule has 2 rings (SSSR count). The first kappa shape index (κ1) is 17.8. The van der Waals surface area contributed by atoms with E-state index in [-0.39, 0.29) is 17.9 Å². The van der Waals surface area contributed by atoms with E-state index >= 15 is 0 Å². The van der Waals surface area contributed by atoms with Gasteiger partial charge in [-0.15, -0.1) is 0 Å². The number of amides is 1. The maximum absolute atomic E-state index is 12.6. The lowest BCUT2D eigenvalue weighted by Gasteiger charge is -2.22. The zero-order valence-electron chi connectivity index (χ0n) is 13.4. The van der Waals surface area contributed by atoms with E-state index in [1.807, 2.05) is 20.8 Å². The molecule has 1 aliphatic heterocycles. The summed E-state index contributed by atoms with van der Waals surface area (Å²) >= 11 is 1.37. The van der Waals surface area contributed by atoms with Crippen LogP contribution in [-0.2, 0) is 11.0 Å². The standard InChI is InChI=1S/C16H19F3N2OS/c1-9(2)15(4)13(22)21-14(23-15)20-10(3)11-5-7-12(8-6-11)16(17,18)19/h5-10H,1-4H3,(H,20,21,22). The monoisotopic (exact) mass is 344 g/mol. The second-order valence-corrected chi connectivity index (χ2v) is 7.49. The average molecular weight is 344 g/mol. The molecule has 2 atom stereocenters. The van der Waals surface area contributed by atoms with Crippen LogP contribution >= 0.6 is 11.8 Å². The summed E-state index contributed by atoms with van der Waals surface area (Å²) in [5.41, 5.74) is -0.0180. The van der Waals surface area contributed by atoms with Crippen LogP contribution in [0.15, 0.2) is 29.3 Å². The number of carbonyl (C=O) groups is 1. The van der Waals surface area contributed by atoms with Gasteiger partial charge in [-0.3, -0.25) is 9.79 Å². The zero-order valence-corrected chi connectivity index (χ0v) is 14.2. The molecule has 3 nitrogen and oxygen atoms in total. The third kappa shape index (κ3) is 3.71. The van der Waals surface area contributed by atoms with Gasteiger partial charge in [0.15, 0.2) is 5.17 Å². The second kappa shape index (κ2) is 6.19. The van der Waals surface area contributed by atoms with Crippen molar-refractivity contribution in [3.05, 3.63) is 35.4 Å². The summed E-state index contributed by atoms with van der Waals surface area (Å²) in [6.45, 7) is 7.58. The summed E-state index contributed by atoms with van der Waals surface area (Å²) in [5.74, 6) is 0.0532. The Labute approximate surface area is 137 Å². The summed E-state index contributed by atoms with van der Waals surface area (Å²) < 4.78 is 37.2. The summed E-state index contributed by atoms with van der Waals surface area (Å²) in [6, 6.07) is 4.59. The molecule has 0 spiro atoms. The van der Waals surface area contributed by atoms with Crippen LogP contribution in [0.3, 0.4) is 0 Å². The molecule has 0 radical (unpaired) electrons. The maximum Gasteiger partial charge on any atom is 0.416 e. The van der Waals surface area contributed by atoms with E-state index in [4.69, 9.17) is 0 Å². The van der Waals surface area contributed by atoms with Crippen LogP contribution < -0.4 is 5.32 Å². The van der Waals surface area contributed by atoms with Crippen molar-refractivity contribution in [1.82, 2.24) is 5.32 Å². The minimum atomic E-state index is -4.35. The predicted octanol–water partition coefficient (Wildman–Crippen LogP) is 4.40. The summed E-state index contributed by atoms with van der Waals surface area (Å²) in [4.78, 5) is 16.5. The highest BCUT2D eigenvalue weighted by molar-refractivity contribution is 8.16. The highest BCUT2D eigenvalue weighted by Crippen LogP contribution is 2.39. The van der Waals surface area contributed by atoms with Crippen molar-refractivity contribution in [2.24, 2.45) is 10.9 Å². The number of nitrogens with one attached hydrogen (secondary N) is 1. The molecule has 0 aliphatic carbocycles. The molecule has 1 aliphatic rings. The van der Waals surface area contributed by atoms with E-state index in [0.29, 0.717) is 10.7 Å². The van der Waals surface area contributed by atoms with Crippen molar-refractivity contribution in [3.63, 3.8) is 0 Å². The van der Waals surface area contributed by atoms with Crippen molar-refractivity contribution in [2.45, 2.75) is 44.7 Å². The molecule has 1 fully saturated rings. The van der Waals surface area contributed by atoms with E-state index < -0.39 is 16.5 Å². The van der Waals surface area contributed by atoms with Crippen LogP contribution in [0.25, 0.3) is 0 Å². The maximum atomic E-state index is 12.6. The summed E-state index contributed by atoms with van der Waals surface area (Å²) in [6.07, 6.45) is -4.35. The van der Waals surface area contributed by atoms with Gasteiger partial charge in [-0.1, -0.05) is 37.7 Å². The molecule has 1 heterocycles. The number of halogens is 3. The van der Waals surface area contributed by atoms with Crippen molar-refractivity contribution < 1.29 is 18.0 Å². The van der Waals surface area contributed by atoms with Crippen LogP contribution in [0, 0.1) is 5.92 Å². The van der Waals surface area contributed by atoms with Gasteiger partial charge in [0, 0.05) is 0 Å². The molecule has 1 amide bonds. The number of rotatable bonds is 3. The fraction of sp³-hybridized carbons (Fsp3) is 0.500. The Morgan fingerprint density at radius 2 is 1.74 bits per heavy atom. The number of benzene rings is 1. The molecule has 0 saturated carbocycles. The van der Waals surface area contributed by atoms with Gasteiger partial charge in [0.25, 0.3) is 0 Å². The Morgan fingerprint density at radius 1 is 1.17 bits per heavy atom. The van der Waals surface area contributed by atoms with E-state index in [0.717, 1.165) is 12.1 Å². The number of alkyl halides is 3. The second-order valence-electron chi connectivity index (χ2n) is 6.05. The van der Waals surface area contributed by atoms with E-state index in [1.165, 1.54) is 23.9 Å². The van der Waals surface area contributed by atoms with Gasteiger partial charge in [0.05, 0.1) is 11.6 Å². The highest BCUT2D eigenvalue weighted by Gasteiger charge is 2.45. The minimum Gasteiger partial charge on any atom is -0.304 e. The topological polar surface area (TPSA) is 41.5 Å². The van der Waals surface area contributed by atoms with Crippen LogP contribution in [0.5, 0.6) is 0 Å². The van der Waals surface area contributed by atoms with Crippen molar-refractivity contribution in [3.8, 4) is 0 Å². The van der Waals surface area contributed by atoms with Crippen molar-refractivity contribution >= 4 is 22.8 Å². The largest absolute Gasteiger partial charge is 0.416 e. The Kier molecular flexibility index (Phi) is 4.80. The van der Waals surface area contributed by atoms with Gasteiger partial charge in [-0.2, -0.15) is 13.2 Å². The van der Waals surface area contributed by atoms with Gasteiger partial charge in [0.2, 0.25) is 5.91 Å². The number of amidine groups is 1. The third-order valence-electron chi connectivity index (χ3n) is 4.11. The number of hydrogen-bond donors (Lipinski definition) is 1. The fourth-order valence-corrected chi connectivity index (χ4v) is 3.27. The smallest absolute Gasteiger partial charge is 0.304 e. The van der Waals surface area contributed by atoms with E-state index in [9.17, 15) is 18.0 Å². The summed E-state index contributed by atoms with van der Waals surface area (Å²) in [7, 11) is 0. The lowest BCUT2D eigenvalue weighted by atomic mass is 9.96. The number of hydrogen-bond acceptors (Lipinski definition) is 3. The van der Waals surface area contributed by atoms with Crippen molar-refractivity contribution in [1.29, 1.82) is 0 Å². The Morgan fingerprint density at radius 3 is 2.17 bits per heavy atom. The fourth-order valence-electron chi connectivity index (χ4n) is 2.13. The van der Waals surface area contributed by atoms with Gasteiger partial charge < -0.3 is 5.32 Å². The first-order valence-electron chi connectivity index (χ1n) is 7.29. The van der Waals surface area contributed by atoms with Crippen LogP contribution in [0.4, 0.5) is 13.2 Å². The highest BCUT2D eigenvalue weighted by atomic mass is 32.2. The minimum absolute atomic E-state index is 0.0872. The molecule has 1 N–H and O–H groups in total. The average Bonchev–Trinajstić information content (AvgIpc) is 2.74. The molecule has 126 valence electrons. The van der Waals surface area contributed by atoms with Gasteiger partial charge in [0.1, 0.15) is 4.75 Å². The molecule has 2 unspecified atom stereocenters. The lowest BCUT2D eigenvalue weighted by molar-refractivity contribution is -0.137. The number of thioether (sulfide) groups is 1. The van der Waals surface area contributed by atoms with Gasteiger partial charge in [-0.25, -0.2) is 0 Å². The van der Waals surface area contributed by atoms with Crippen molar-refractivity contribution in [2.75, 3.05) is 0 Å². The Hall–Kier alpha value is -1.50. The molecule has 7 heteroatoms. The number of carbonyl (C=O) groups excluding carboxylic acids is 1. The quantitative estimate of drug-likeness (QED) is 0.883. The molecular weight excluding hydrogens is 325 g/mol. The van der Waals surface area contributed by atoms with E-state index in [2.05, 4.69) is 10.3 Å². The first-order valence-corrected chi connectivity index (χ1v) is 8.11. The number of aliphatic imine (C=N–C) groups is 1. The van der Waals surface area contributed by atoms with Crippen LogP contribution in [0.1, 0.15) is 44.9 Å². The number of nitrogens with zero attached hydrogens (tertiary/aromatic N) is 1. The van der Waals surface area contributed by atoms with Crippen LogP contribution in [-0.4, -0.2) is 15.8 Å². The summed E-state index contributed by atoms with van der Waals surface area (Å²) in [5, 5.41) is 3.27. The molecule has 0 aromatic heterocycles. The normalized spacial score (nSPS) is 25.0. The molecule has 1 aromatic rings. The SMILES string of the molecule is CC(N=C1NC(=O)C(C)(C(C)C)S1)c1ccc(C(F)(F)F)cc1. The van der Waals surface area contributed by atoms with Gasteiger partial charge in [-0.05, 0) is 37.5 Å².